The molecule has 0 heterocycles. The van der Waals surface area contributed by atoms with Crippen molar-refractivity contribution in [1.29, 1.82) is 0 Å². The molecular formula is C13H22BrNO. The number of hydrogen-bond donors (Lipinski definition) is 1. The minimum atomic E-state index is 0.312. The zero-order chi connectivity index (χ0) is 11.7. The molecule has 0 aromatic heterocycles. The second-order valence-corrected chi connectivity index (χ2v) is 6.55. The average Bonchev–Trinajstić information content (AvgIpc) is 2.84. The van der Waals surface area contributed by atoms with E-state index >= 15 is 0 Å². The lowest BCUT2D eigenvalue weighted by molar-refractivity contribution is -0.126. The minimum absolute atomic E-state index is 0.312. The highest BCUT2D eigenvalue weighted by Gasteiger charge is 2.48. The Morgan fingerprint density at radius 1 is 1.31 bits per heavy atom. The lowest BCUT2D eigenvalue weighted by Gasteiger charge is -2.23. The molecule has 3 heteroatoms. The van der Waals surface area contributed by atoms with Gasteiger partial charge in [0.25, 0.3) is 0 Å². The highest BCUT2D eigenvalue weighted by atomic mass is 79.9. The van der Waals surface area contributed by atoms with Crippen molar-refractivity contribution in [3.05, 3.63) is 0 Å². The molecule has 2 aliphatic carbocycles. The molecule has 0 bridgehead atoms. The Hall–Kier alpha value is -0.0500. The Morgan fingerprint density at radius 3 is 2.44 bits per heavy atom. The van der Waals surface area contributed by atoms with Crippen molar-refractivity contribution in [2.24, 2.45) is 23.7 Å². The quantitative estimate of drug-likeness (QED) is 0.774. The van der Waals surface area contributed by atoms with Crippen molar-refractivity contribution in [1.82, 2.24) is 5.32 Å². The van der Waals surface area contributed by atoms with E-state index in [1.54, 1.807) is 0 Å². The summed E-state index contributed by atoms with van der Waals surface area (Å²) in [5.41, 5.74) is 0. The largest absolute Gasteiger partial charge is 0.353 e. The van der Waals surface area contributed by atoms with Gasteiger partial charge in [-0.05, 0) is 43.4 Å². The number of amides is 1. The molecule has 0 aromatic rings. The average molecular weight is 288 g/mol. The molecule has 3 unspecified atom stereocenters. The predicted molar refractivity (Wildman–Crippen MR) is 69.5 cm³/mol. The number of hydrogen-bond acceptors (Lipinski definition) is 1. The van der Waals surface area contributed by atoms with Crippen LogP contribution in [0.3, 0.4) is 0 Å². The highest BCUT2D eigenvalue weighted by Crippen LogP contribution is 2.54. The van der Waals surface area contributed by atoms with E-state index in [1.807, 2.05) is 0 Å². The summed E-state index contributed by atoms with van der Waals surface area (Å²) in [4.78, 5) is 12.1. The van der Waals surface area contributed by atoms with Gasteiger partial charge in [-0.1, -0.05) is 29.8 Å². The molecule has 1 amide bonds. The van der Waals surface area contributed by atoms with Gasteiger partial charge in [0, 0.05) is 17.3 Å². The topological polar surface area (TPSA) is 29.1 Å². The second-order valence-electron chi connectivity index (χ2n) is 5.76. The zero-order valence-corrected chi connectivity index (χ0v) is 11.8. The van der Waals surface area contributed by atoms with Crippen LogP contribution < -0.4 is 5.32 Å². The van der Waals surface area contributed by atoms with E-state index in [9.17, 15) is 4.79 Å². The van der Waals surface area contributed by atoms with E-state index < -0.39 is 0 Å². The molecule has 16 heavy (non-hydrogen) atoms. The fourth-order valence-electron chi connectivity index (χ4n) is 2.92. The third-order valence-electron chi connectivity index (χ3n) is 4.17. The molecule has 2 nitrogen and oxygen atoms in total. The van der Waals surface area contributed by atoms with Crippen molar-refractivity contribution >= 4 is 21.8 Å². The van der Waals surface area contributed by atoms with E-state index in [0.717, 1.165) is 36.4 Å². The van der Waals surface area contributed by atoms with Crippen LogP contribution in [0, 0.1) is 23.7 Å². The second kappa shape index (κ2) is 5.07. The van der Waals surface area contributed by atoms with E-state index in [1.165, 1.54) is 6.42 Å². The molecule has 2 rings (SSSR count). The van der Waals surface area contributed by atoms with Gasteiger partial charge in [0.1, 0.15) is 0 Å². The smallest absolute Gasteiger partial charge is 0.223 e. The van der Waals surface area contributed by atoms with Crippen LogP contribution in [-0.2, 0) is 4.79 Å². The van der Waals surface area contributed by atoms with E-state index in [4.69, 9.17) is 0 Å². The zero-order valence-electron chi connectivity index (χ0n) is 10.2. The van der Waals surface area contributed by atoms with Gasteiger partial charge in [0.2, 0.25) is 5.91 Å². The fraction of sp³-hybridized carbons (Fsp3) is 0.923. The Kier molecular flexibility index (Phi) is 3.93. The molecule has 0 aliphatic heterocycles. The maximum Gasteiger partial charge on any atom is 0.223 e. The number of rotatable bonds is 5. The third kappa shape index (κ3) is 2.79. The molecule has 1 N–H and O–H groups in total. The summed E-state index contributed by atoms with van der Waals surface area (Å²) in [6.45, 7) is 4.36. The lowest BCUT2D eigenvalue weighted by Crippen LogP contribution is -2.41. The molecule has 2 fully saturated rings. The van der Waals surface area contributed by atoms with Gasteiger partial charge in [-0.25, -0.2) is 0 Å². The normalized spacial score (nSPS) is 33.6. The summed E-state index contributed by atoms with van der Waals surface area (Å²) in [7, 11) is 0. The van der Waals surface area contributed by atoms with Gasteiger partial charge < -0.3 is 5.32 Å². The van der Waals surface area contributed by atoms with Crippen LogP contribution in [0.2, 0.25) is 0 Å². The van der Waals surface area contributed by atoms with Gasteiger partial charge in [0.15, 0.2) is 0 Å². The standard InChI is InChI=1S/C13H22BrNO/c1-8(2)12(3-4-14)15-13(16)11-6-9-5-10(9)7-11/h8-12H,3-7H2,1-2H3,(H,15,16). The summed E-state index contributed by atoms with van der Waals surface area (Å²) in [6, 6.07) is 0.337. The monoisotopic (exact) mass is 287 g/mol. The summed E-state index contributed by atoms with van der Waals surface area (Å²) in [5, 5.41) is 4.20. The molecule has 92 valence electrons. The Labute approximate surface area is 107 Å². The molecule has 0 spiro atoms. The van der Waals surface area contributed by atoms with Crippen LogP contribution in [-0.4, -0.2) is 17.3 Å². The van der Waals surface area contributed by atoms with Crippen molar-refractivity contribution in [2.45, 2.75) is 45.6 Å². The van der Waals surface area contributed by atoms with Crippen LogP contribution in [0.25, 0.3) is 0 Å². The number of fused-ring (bicyclic) bond motifs is 1. The van der Waals surface area contributed by atoms with Crippen molar-refractivity contribution in [3.8, 4) is 0 Å². The molecule has 3 atom stereocenters. The van der Waals surface area contributed by atoms with Crippen LogP contribution >= 0.6 is 15.9 Å². The van der Waals surface area contributed by atoms with Crippen LogP contribution in [0.15, 0.2) is 0 Å². The van der Waals surface area contributed by atoms with Crippen molar-refractivity contribution in [3.63, 3.8) is 0 Å². The molecular weight excluding hydrogens is 266 g/mol. The summed E-state index contributed by atoms with van der Waals surface area (Å²) in [6.07, 6.45) is 4.72. The van der Waals surface area contributed by atoms with Gasteiger partial charge in [-0.15, -0.1) is 0 Å². The Morgan fingerprint density at radius 2 is 1.94 bits per heavy atom. The summed E-state index contributed by atoms with van der Waals surface area (Å²) >= 11 is 3.46. The lowest BCUT2D eigenvalue weighted by atomic mass is 9.98. The van der Waals surface area contributed by atoms with Gasteiger partial charge >= 0.3 is 0 Å². The number of carbonyl (C=O) groups excluding carboxylic acids is 1. The maximum absolute atomic E-state index is 12.1. The molecule has 0 radical (unpaired) electrons. The Balaban J connectivity index is 1.80. The molecule has 0 saturated heterocycles. The maximum atomic E-state index is 12.1. The first-order valence-electron chi connectivity index (χ1n) is 6.48. The first-order chi connectivity index (χ1) is 7.61. The van der Waals surface area contributed by atoms with E-state index in [-0.39, 0.29) is 0 Å². The van der Waals surface area contributed by atoms with Crippen molar-refractivity contribution < 1.29 is 4.79 Å². The fourth-order valence-corrected chi connectivity index (χ4v) is 3.41. The number of nitrogens with one attached hydrogen (secondary N) is 1. The predicted octanol–water partition coefficient (Wildman–Crippen LogP) is 2.96. The number of halogens is 1. The van der Waals surface area contributed by atoms with Crippen LogP contribution in [0.1, 0.15) is 39.5 Å². The third-order valence-corrected chi connectivity index (χ3v) is 4.62. The first kappa shape index (κ1) is 12.4. The van der Waals surface area contributed by atoms with Gasteiger partial charge in [0.05, 0.1) is 0 Å². The summed E-state index contributed by atoms with van der Waals surface area (Å²) < 4.78 is 0. The molecule has 0 aromatic carbocycles. The summed E-state index contributed by atoms with van der Waals surface area (Å²) in [5.74, 6) is 2.94. The van der Waals surface area contributed by atoms with Crippen LogP contribution in [0.4, 0.5) is 0 Å². The van der Waals surface area contributed by atoms with Gasteiger partial charge in [-0.3, -0.25) is 4.79 Å². The SMILES string of the molecule is CC(C)C(CCBr)NC(=O)C1CC2CC2C1. The first-order valence-corrected chi connectivity index (χ1v) is 7.60. The highest BCUT2D eigenvalue weighted by molar-refractivity contribution is 9.09. The van der Waals surface area contributed by atoms with E-state index in [2.05, 4.69) is 35.1 Å². The van der Waals surface area contributed by atoms with Crippen molar-refractivity contribution in [2.75, 3.05) is 5.33 Å². The molecule has 2 aliphatic rings. The number of carbonyl (C=O) groups is 1. The molecule has 2 saturated carbocycles. The Bertz CT molecular complexity index is 257. The van der Waals surface area contributed by atoms with E-state index in [0.29, 0.717) is 23.8 Å². The van der Waals surface area contributed by atoms with Gasteiger partial charge in [-0.2, -0.15) is 0 Å². The minimum Gasteiger partial charge on any atom is -0.353 e. The number of alkyl halides is 1. The van der Waals surface area contributed by atoms with Crippen LogP contribution in [0.5, 0.6) is 0 Å².